The van der Waals surface area contributed by atoms with Gasteiger partial charge in [0.25, 0.3) is 5.91 Å². The summed E-state index contributed by atoms with van der Waals surface area (Å²) in [6.45, 7) is 1.09. The van der Waals surface area contributed by atoms with Crippen molar-refractivity contribution in [1.82, 2.24) is 5.32 Å². The minimum Gasteiger partial charge on any atom is -0.497 e. The van der Waals surface area contributed by atoms with Gasteiger partial charge in [0.15, 0.2) is 0 Å². The highest BCUT2D eigenvalue weighted by Crippen LogP contribution is 2.12. The van der Waals surface area contributed by atoms with Gasteiger partial charge in [-0.2, -0.15) is 0 Å². The van der Waals surface area contributed by atoms with E-state index in [1.54, 1.807) is 7.11 Å². The lowest BCUT2D eigenvalue weighted by Gasteiger charge is -2.07. The van der Waals surface area contributed by atoms with Gasteiger partial charge in [0.1, 0.15) is 5.75 Å². The molecule has 0 spiro atoms. The molecule has 0 heterocycles. The predicted octanol–water partition coefficient (Wildman–Crippen LogP) is 2.13. The number of rotatable bonds is 6. The maximum Gasteiger partial charge on any atom is 0.251 e. The Balaban J connectivity index is 1.94. The first-order chi connectivity index (χ1) is 10.2. The first kappa shape index (κ1) is 15.1. The predicted molar refractivity (Wildman–Crippen MR) is 83.4 cm³/mol. The van der Waals surface area contributed by atoms with E-state index in [9.17, 15) is 4.79 Å². The Bertz CT molecular complexity index is 594. The normalized spacial score (nSPS) is 10.2. The van der Waals surface area contributed by atoms with Crippen LogP contribution in [0.1, 0.15) is 21.5 Å². The smallest absolute Gasteiger partial charge is 0.251 e. The van der Waals surface area contributed by atoms with Gasteiger partial charge < -0.3 is 15.8 Å². The monoisotopic (exact) mass is 284 g/mol. The zero-order valence-corrected chi connectivity index (χ0v) is 12.1. The zero-order chi connectivity index (χ0) is 15.1. The molecule has 21 heavy (non-hydrogen) atoms. The van der Waals surface area contributed by atoms with Crippen LogP contribution in [0.15, 0.2) is 48.5 Å². The van der Waals surface area contributed by atoms with Crippen molar-refractivity contribution in [2.45, 2.75) is 13.0 Å². The Morgan fingerprint density at radius 3 is 2.57 bits per heavy atom. The van der Waals surface area contributed by atoms with Gasteiger partial charge in [-0.3, -0.25) is 4.79 Å². The van der Waals surface area contributed by atoms with Crippen molar-refractivity contribution in [1.29, 1.82) is 0 Å². The number of carbonyl (C=O) groups excluding carboxylic acids is 1. The summed E-state index contributed by atoms with van der Waals surface area (Å²) >= 11 is 0. The van der Waals surface area contributed by atoms with Gasteiger partial charge >= 0.3 is 0 Å². The average Bonchev–Trinajstić information content (AvgIpc) is 2.54. The molecule has 0 aliphatic rings. The first-order valence-corrected chi connectivity index (χ1v) is 6.93. The number of hydrogen-bond acceptors (Lipinski definition) is 3. The van der Waals surface area contributed by atoms with Crippen LogP contribution >= 0.6 is 0 Å². The van der Waals surface area contributed by atoms with Crippen LogP contribution in [-0.2, 0) is 13.0 Å². The molecule has 0 radical (unpaired) electrons. The third-order valence-corrected chi connectivity index (χ3v) is 3.24. The van der Waals surface area contributed by atoms with Crippen LogP contribution in [0.5, 0.6) is 5.75 Å². The SMILES string of the molecule is COc1cccc(CNC(=O)c2ccc(CCN)cc2)c1. The number of ether oxygens (including phenoxy) is 1. The van der Waals surface area contributed by atoms with Crippen molar-refractivity contribution in [3.63, 3.8) is 0 Å². The summed E-state index contributed by atoms with van der Waals surface area (Å²) in [5.74, 6) is 0.699. The number of methoxy groups -OCH3 is 1. The number of nitrogens with one attached hydrogen (secondary N) is 1. The van der Waals surface area contributed by atoms with Crippen LogP contribution in [0.3, 0.4) is 0 Å². The molecule has 2 aromatic carbocycles. The highest BCUT2D eigenvalue weighted by molar-refractivity contribution is 5.94. The molecule has 0 unspecified atom stereocenters. The molecule has 3 N–H and O–H groups in total. The summed E-state index contributed by atoms with van der Waals surface area (Å²) in [6.07, 6.45) is 0.825. The minimum absolute atomic E-state index is 0.0860. The summed E-state index contributed by atoms with van der Waals surface area (Å²) in [7, 11) is 1.63. The fourth-order valence-electron chi connectivity index (χ4n) is 2.06. The van der Waals surface area contributed by atoms with Crippen molar-refractivity contribution in [2.24, 2.45) is 5.73 Å². The van der Waals surface area contributed by atoms with Crippen LogP contribution in [0.25, 0.3) is 0 Å². The number of amides is 1. The maximum absolute atomic E-state index is 12.1. The van der Waals surface area contributed by atoms with Gasteiger partial charge in [0, 0.05) is 12.1 Å². The van der Waals surface area contributed by atoms with Gasteiger partial charge in [0.2, 0.25) is 0 Å². The first-order valence-electron chi connectivity index (χ1n) is 6.93. The number of benzene rings is 2. The van der Waals surface area contributed by atoms with E-state index in [4.69, 9.17) is 10.5 Å². The lowest BCUT2D eigenvalue weighted by molar-refractivity contribution is 0.0951. The Kier molecular flexibility index (Phi) is 5.35. The number of nitrogens with two attached hydrogens (primary N) is 1. The summed E-state index contributed by atoms with van der Waals surface area (Å²) in [4.78, 5) is 12.1. The maximum atomic E-state index is 12.1. The number of carbonyl (C=O) groups is 1. The van der Waals surface area contributed by atoms with E-state index in [2.05, 4.69) is 5.32 Å². The lowest BCUT2D eigenvalue weighted by Crippen LogP contribution is -2.22. The van der Waals surface area contributed by atoms with E-state index in [1.165, 1.54) is 0 Å². The molecule has 0 aliphatic heterocycles. The van der Waals surface area contributed by atoms with Crippen molar-refractivity contribution >= 4 is 5.91 Å². The van der Waals surface area contributed by atoms with Gasteiger partial charge in [-0.15, -0.1) is 0 Å². The van der Waals surface area contributed by atoms with E-state index >= 15 is 0 Å². The van der Waals surface area contributed by atoms with Gasteiger partial charge in [-0.05, 0) is 48.4 Å². The van der Waals surface area contributed by atoms with Crippen LogP contribution in [0, 0.1) is 0 Å². The molecule has 0 aromatic heterocycles. The third kappa shape index (κ3) is 4.33. The molecule has 110 valence electrons. The van der Waals surface area contributed by atoms with Crippen LogP contribution in [-0.4, -0.2) is 19.6 Å². The van der Waals surface area contributed by atoms with Crippen molar-refractivity contribution in [3.8, 4) is 5.75 Å². The number of hydrogen-bond donors (Lipinski definition) is 2. The molecule has 0 atom stereocenters. The average molecular weight is 284 g/mol. The lowest BCUT2D eigenvalue weighted by atomic mass is 10.1. The van der Waals surface area contributed by atoms with E-state index < -0.39 is 0 Å². The Hall–Kier alpha value is -2.33. The molecule has 0 fully saturated rings. The highest BCUT2D eigenvalue weighted by Gasteiger charge is 2.05. The molecule has 0 bridgehead atoms. The molecule has 0 saturated heterocycles. The Labute approximate surface area is 124 Å². The molecule has 4 heteroatoms. The van der Waals surface area contributed by atoms with Crippen LogP contribution < -0.4 is 15.8 Å². The van der Waals surface area contributed by atoms with Gasteiger partial charge in [-0.1, -0.05) is 24.3 Å². The van der Waals surface area contributed by atoms with E-state index in [-0.39, 0.29) is 5.91 Å². The topological polar surface area (TPSA) is 64.3 Å². The molecule has 0 aliphatic carbocycles. The Morgan fingerprint density at radius 2 is 1.90 bits per heavy atom. The van der Waals surface area contributed by atoms with Crippen LogP contribution in [0.4, 0.5) is 0 Å². The molecule has 1 amide bonds. The van der Waals surface area contributed by atoms with E-state index in [0.29, 0.717) is 18.7 Å². The van der Waals surface area contributed by atoms with Crippen molar-refractivity contribution in [2.75, 3.05) is 13.7 Å². The quantitative estimate of drug-likeness (QED) is 0.854. The second-order valence-electron chi connectivity index (χ2n) is 4.77. The Morgan fingerprint density at radius 1 is 1.14 bits per heavy atom. The molecular formula is C17H20N2O2. The van der Waals surface area contributed by atoms with Gasteiger partial charge in [-0.25, -0.2) is 0 Å². The van der Waals surface area contributed by atoms with Crippen molar-refractivity contribution < 1.29 is 9.53 Å². The standard InChI is InChI=1S/C17H20N2O2/c1-21-16-4-2-3-14(11-16)12-19-17(20)15-7-5-13(6-8-15)9-10-18/h2-8,11H,9-10,12,18H2,1H3,(H,19,20). The summed E-state index contributed by atoms with van der Waals surface area (Å²) in [6, 6.07) is 15.2. The minimum atomic E-state index is -0.0860. The summed E-state index contributed by atoms with van der Waals surface area (Å²) in [5, 5.41) is 2.90. The molecule has 2 aromatic rings. The molecule has 0 saturated carbocycles. The van der Waals surface area contributed by atoms with Gasteiger partial charge in [0.05, 0.1) is 7.11 Å². The molecular weight excluding hydrogens is 264 g/mol. The largest absolute Gasteiger partial charge is 0.497 e. The zero-order valence-electron chi connectivity index (χ0n) is 12.1. The van der Waals surface area contributed by atoms with Crippen LogP contribution in [0.2, 0.25) is 0 Å². The summed E-state index contributed by atoms with van der Waals surface area (Å²) in [5.41, 5.74) is 8.30. The fourth-order valence-corrected chi connectivity index (χ4v) is 2.06. The second kappa shape index (κ2) is 7.45. The second-order valence-corrected chi connectivity index (χ2v) is 4.77. The highest BCUT2D eigenvalue weighted by atomic mass is 16.5. The van der Waals surface area contributed by atoms with E-state index in [1.807, 2.05) is 48.5 Å². The molecule has 2 rings (SSSR count). The van der Waals surface area contributed by atoms with Crippen molar-refractivity contribution in [3.05, 3.63) is 65.2 Å². The summed E-state index contributed by atoms with van der Waals surface area (Å²) < 4.78 is 5.16. The third-order valence-electron chi connectivity index (χ3n) is 3.24. The molecule has 4 nitrogen and oxygen atoms in total. The van der Waals surface area contributed by atoms with E-state index in [0.717, 1.165) is 23.3 Å². The fraction of sp³-hybridized carbons (Fsp3) is 0.235.